The molecule has 96 valence electrons. The number of aromatic nitrogens is 1. The van der Waals surface area contributed by atoms with Crippen LogP contribution in [-0.4, -0.2) is 10.7 Å². The first-order valence-corrected chi connectivity index (χ1v) is 5.96. The van der Waals surface area contributed by atoms with Crippen LogP contribution in [0.25, 0.3) is 0 Å². The molecule has 1 aliphatic rings. The topological polar surface area (TPSA) is 30.9 Å². The molecule has 0 radical (unpaired) electrons. The summed E-state index contributed by atoms with van der Waals surface area (Å²) in [7, 11) is 0. The van der Waals surface area contributed by atoms with Crippen LogP contribution < -0.4 is 5.73 Å². The lowest BCUT2D eigenvalue weighted by molar-refractivity contribution is -0.135. The van der Waals surface area contributed by atoms with Crippen molar-refractivity contribution in [3.63, 3.8) is 0 Å². The maximum Gasteiger partial charge on any atom is 0.389 e. The molecule has 1 unspecified atom stereocenters. The molecule has 0 saturated heterocycles. The van der Waals surface area contributed by atoms with E-state index in [1.54, 1.807) is 0 Å². The Kier molecular flexibility index (Phi) is 3.47. The quantitative estimate of drug-likeness (QED) is 0.872. The minimum absolute atomic E-state index is 0.0580. The van der Waals surface area contributed by atoms with Crippen LogP contribution >= 0.6 is 0 Å². The number of nitrogens with two attached hydrogens (primary N) is 1. The van der Waals surface area contributed by atoms with E-state index in [9.17, 15) is 13.2 Å². The van der Waals surface area contributed by atoms with Gasteiger partial charge < -0.3 is 10.3 Å². The van der Waals surface area contributed by atoms with E-state index in [2.05, 4.69) is 0 Å². The molecule has 0 aliphatic heterocycles. The van der Waals surface area contributed by atoms with Crippen molar-refractivity contribution >= 4 is 0 Å². The fourth-order valence-electron chi connectivity index (χ4n) is 2.38. The van der Waals surface area contributed by atoms with Gasteiger partial charge in [0.05, 0.1) is 0 Å². The van der Waals surface area contributed by atoms with Crippen LogP contribution in [0, 0.1) is 0 Å². The Balaban J connectivity index is 1.94. The van der Waals surface area contributed by atoms with E-state index in [0.717, 1.165) is 24.8 Å². The fourth-order valence-corrected chi connectivity index (χ4v) is 2.38. The molecule has 2 rings (SSSR count). The zero-order valence-corrected chi connectivity index (χ0v) is 9.63. The highest BCUT2D eigenvalue weighted by molar-refractivity contribution is 5.29. The molecule has 1 aliphatic carbocycles. The van der Waals surface area contributed by atoms with E-state index in [1.807, 2.05) is 17.0 Å². The molecule has 2 nitrogen and oxygen atoms in total. The van der Waals surface area contributed by atoms with Gasteiger partial charge in [0.2, 0.25) is 0 Å². The van der Waals surface area contributed by atoms with Gasteiger partial charge in [-0.3, -0.25) is 0 Å². The van der Waals surface area contributed by atoms with Gasteiger partial charge in [-0.15, -0.1) is 0 Å². The summed E-state index contributed by atoms with van der Waals surface area (Å²) < 4.78 is 37.9. The molecule has 0 spiro atoms. The van der Waals surface area contributed by atoms with E-state index < -0.39 is 12.6 Å². The molecule has 0 aromatic carbocycles. The second-order valence-electron chi connectivity index (χ2n) is 4.69. The average Bonchev–Trinajstić information content (AvgIpc) is 2.60. The Labute approximate surface area is 98.6 Å². The molecule has 0 bridgehead atoms. The Bertz CT molecular complexity index is 382. The van der Waals surface area contributed by atoms with Crippen LogP contribution in [0.2, 0.25) is 0 Å². The standard InChI is InChI=1S/C12H17F3N2/c13-12(14,15)5-2-6-17-7-9-3-1-4-11(16)10(9)8-17/h7-8,11H,1-6,16H2. The summed E-state index contributed by atoms with van der Waals surface area (Å²) in [5.74, 6) is 0. The number of alkyl halides is 3. The second kappa shape index (κ2) is 4.72. The molecule has 1 aromatic heterocycles. The van der Waals surface area contributed by atoms with Crippen LogP contribution in [0.5, 0.6) is 0 Å². The number of rotatable bonds is 3. The first-order valence-electron chi connectivity index (χ1n) is 5.96. The highest BCUT2D eigenvalue weighted by atomic mass is 19.4. The largest absolute Gasteiger partial charge is 0.389 e. The highest BCUT2D eigenvalue weighted by Gasteiger charge is 2.26. The summed E-state index contributed by atoms with van der Waals surface area (Å²) in [6.45, 7) is 0.416. The lowest BCUT2D eigenvalue weighted by atomic mass is 9.92. The van der Waals surface area contributed by atoms with Crippen molar-refractivity contribution in [1.29, 1.82) is 0 Å². The molecular weight excluding hydrogens is 229 g/mol. The molecule has 0 fully saturated rings. The molecular formula is C12H17F3N2. The highest BCUT2D eigenvalue weighted by Crippen LogP contribution is 2.29. The van der Waals surface area contributed by atoms with Crippen molar-refractivity contribution in [2.24, 2.45) is 5.73 Å². The minimum atomic E-state index is -4.05. The summed E-state index contributed by atoms with van der Waals surface area (Å²) in [4.78, 5) is 0. The van der Waals surface area contributed by atoms with E-state index >= 15 is 0 Å². The van der Waals surface area contributed by atoms with Gasteiger partial charge in [0.1, 0.15) is 0 Å². The smallest absolute Gasteiger partial charge is 0.354 e. The van der Waals surface area contributed by atoms with Crippen LogP contribution in [-0.2, 0) is 13.0 Å². The Morgan fingerprint density at radius 1 is 1.35 bits per heavy atom. The number of hydrogen-bond donors (Lipinski definition) is 1. The van der Waals surface area contributed by atoms with Gasteiger partial charge in [-0.05, 0) is 36.8 Å². The zero-order valence-electron chi connectivity index (χ0n) is 9.63. The van der Waals surface area contributed by atoms with Crippen molar-refractivity contribution in [1.82, 2.24) is 4.57 Å². The van der Waals surface area contributed by atoms with E-state index in [1.165, 1.54) is 5.56 Å². The molecule has 0 saturated carbocycles. The first kappa shape index (κ1) is 12.5. The van der Waals surface area contributed by atoms with Crippen molar-refractivity contribution in [3.05, 3.63) is 23.5 Å². The summed E-state index contributed by atoms with van der Waals surface area (Å²) in [6, 6.07) is 0.0580. The number of hydrogen-bond acceptors (Lipinski definition) is 1. The van der Waals surface area contributed by atoms with E-state index in [0.29, 0.717) is 6.54 Å². The summed E-state index contributed by atoms with van der Waals surface area (Å²) in [5, 5.41) is 0. The Morgan fingerprint density at radius 2 is 2.12 bits per heavy atom. The molecule has 0 amide bonds. The number of fused-ring (bicyclic) bond motifs is 1. The third-order valence-corrected chi connectivity index (χ3v) is 3.23. The number of halogens is 3. The van der Waals surface area contributed by atoms with Crippen molar-refractivity contribution in [2.45, 2.75) is 50.9 Å². The molecule has 1 aromatic rings. The predicted octanol–water partition coefficient (Wildman–Crippen LogP) is 3.17. The van der Waals surface area contributed by atoms with Gasteiger partial charge in [0.25, 0.3) is 0 Å². The Hall–Kier alpha value is -0.970. The molecule has 1 heterocycles. The summed E-state index contributed by atoms with van der Waals surface area (Å²) in [6.07, 6.45) is 2.26. The van der Waals surface area contributed by atoms with Crippen LogP contribution in [0.15, 0.2) is 12.4 Å². The third kappa shape index (κ3) is 3.25. The second-order valence-corrected chi connectivity index (χ2v) is 4.69. The van der Waals surface area contributed by atoms with E-state index in [-0.39, 0.29) is 12.5 Å². The van der Waals surface area contributed by atoms with Crippen LogP contribution in [0.4, 0.5) is 13.2 Å². The maximum absolute atomic E-state index is 12.0. The molecule has 17 heavy (non-hydrogen) atoms. The Morgan fingerprint density at radius 3 is 2.76 bits per heavy atom. The van der Waals surface area contributed by atoms with Gasteiger partial charge in [0, 0.05) is 31.4 Å². The van der Waals surface area contributed by atoms with Gasteiger partial charge in [-0.1, -0.05) is 0 Å². The predicted molar refractivity (Wildman–Crippen MR) is 59.6 cm³/mol. The van der Waals surface area contributed by atoms with Gasteiger partial charge in [-0.25, -0.2) is 0 Å². The normalized spacial score (nSPS) is 20.4. The van der Waals surface area contributed by atoms with Gasteiger partial charge in [-0.2, -0.15) is 13.2 Å². The summed E-state index contributed by atoms with van der Waals surface area (Å²) in [5.41, 5.74) is 8.28. The van der Waals surface area contributed by atoms with Crippen molar-refractivity contribution in [3.8, 4) is 0 Å². The molecule has 5 heteroatoms. The zero-order chi connectivity index (χ0) is 12.5. The molecule has 1 atom stereocenters. The number of aryl methyl sites for hydroxylation is 2. The van der Waals surface area contributed by atoms with Gasteiger partial charge >= 0.3 is 6.18 Å². The van der Waals surface area contributed by atoms with Crippen molar-refractivity contribution in [2.75, 3.05) is 0 Å². The van der Waals surface area contributed by atoms with E-state index in [4.69, 9.17) is 5.73 Å². The molecule has 2 N–H and O–H groups in total. The third-order valence-electron chi connectivity index (χ3n) is 3.23. The van der Waals surface area contributed by atoms with Crippen LogP contribution in [0.3, 0.4) is 0 Å². The fraction of sp³-hybridized carbons (Fsp3) is 0.667. The van der Waals surface area contributed by atoms with Crippen molar-refractivity contribution < 1.29 is 13.2 Å². The van der Waals surface area contributed by atoms with Gasteiger partial charge in [0.15, 0.2) is 0 Å². The SMILES string of the molecule is NC1CCCc2cn(CCCC(F)(F)F)cc21. The first-order chi connectivity index (χ1) is 7.96. The summed E-state index contributed by atoms with van der Waals surface area (Å²) >= 11 is 0. The lowest BCUT2D eigenvalue weighted by Crippen LogP contribution is -2.15. The average molecular weight is 246 g/mol. The number of nitrogens with zero attached hydrogens (tertiary/aromatic N) is 1. The van der Waals surface area contributed by atoms with Crippen LogP contribution in [0.1, 0.15) is 42.9 Å². The lowest BCUT2D eigenvalue weighted by Gasteiger charge is -2.17. The minimum Gasteiger partial charge on any atom is -0.354 e. The maximum atomic E-state index is 12.0. The monoisotopic (exact) mass is 246 g/mol.